The second-order valence-electron chi connectivity index (χ2n) is 6.75. The van der Waals surface area contributed by atoms with E-state index in [9.17, 15) is 14.4 Å². The monoisotopic (exact) mass is 365 g/mol. The highest BCUT2D eigenvalue weighted by atomic mass is 16.5. The molecule has 1 heterocycles. The average molecular weight is 365 g/mol. The summed E-state index contributed by atoms with van der Waals surface area (Å²) in [6.07, 6.45) is 0.840. The van der Waals surface area contributed by atoms with Crippen LogP contribution in [-0.4, -0.2) is 35.8 Å². The van der Waals surface area contributed by atoms with Crippen molar-refractivity contribution < 1.29 is 19.1 Å². The van der Waals surface area contributed by atoms with Crippen LogP contribution in [0.4, 0.5) is 0 Å². The molecule has 2 amide bonds. The van der Waals surface area contributed by atoms with Crippen LogP contribution < -0.4 is 0 Å². The standard InChI is InChI=1S/C22H23NO4/c1-3-15(2)19(16-9-5-4-6-10-16)22(26)27-14-13-23-20(24)17-11-7-8-12-18(17)21(23)25/h4-12,15,19H,3,13-14H2,1-2H3/t15-,19-/m0/s1. The highest BCUT2D eigenvalue weighted by Crippen LogP contribution is 2.28. The van der Waals surface area contributed by atoms with Gasteiger partial charge in [0.1, 0.15) is 6.61 Å². The van der Waals surface area contributed by atoms with Gasteiger partial charge in [-0.3, -0.25) is 19.3 Å². The molecular formula is C22H23NO4. The Morgan fingerprint density at radius 3 is 2.07 bits per heavy atom. The predicted octanol–water partition coefficient (Wildman–Crippen LogP) is 3.66. The lowest BCUT2D eigenvalue weighted by molar-refractivity contribution is -0.147. The summed E-state index contributed by atoms with van der Waals surface area (Å²) in [5.41, 5.74) is 1.71. The van der Waals surface area contributed by atoms with E-state index in [1.807, 2.05) is 44.2 Å². The van der Waals surface area contributed by atoms with E-state index in [1.165, 1.54) is 0 Å². The van der Waals surface area contributed by atoms with Crippen molar-refractivity contribution in [3.8, 4) is 0 Å². The van der Waals surface area contributed by atoms with Gasteiger partial charge in [0, 0.05) is 0 Å². The number of fused-ring (bicyclic) bond motifs is 1. The van der Waals surface area contributed by atoms with Crippen molar-refractivity contribution in [1.82, 2.24) is 4.90 Å². The molecule has 5 nitrogen and oxygen atoms in total. The van der Waals surface area contributed by atoms with Gasteiger partial charge in [0.05, 0.1) is 23.6 Å². The average Bonchev–Trinajstić information content (AvgIpc) is 2.94. The van der Waals surface area contributed by atoms with Crippen LogP contribution in [0.25, 0.3) is 0 Å². The summed E-state index contributed by atoms with van der Waals surface area (Å²) in [6, 6.07) is 16.3. The van der Waals surface area contributed by atoms with Crippen LogP contribution in [0.15, 0.2) is 54.6 Å². The van der Waals surface area contributed by atoms with E-state index in [4.69, 9.17) is 4.74 Å². The molecule has 0 aliphatic carbocycles. The molecule has 0 bridgehead atoms. The van der Waals surface area contributed by atoms with Gasteiger partial charge in [-0.15, -0.1) is 0 Å². The third-order valence-corrected chi connectivity index (χ3v) is 5.06. The van der Waals surface area contributed by atoms with Crippen molar-refractivity contribution in [2.24, 2.45) is 5.92 Å². The Hall–Kier alpha value is -2.95. The summed E-state index contributed by atoms with van der Waals surface area (Å²) in [5, 5.41) is 0. The molecule has 0 fully saturated rings. The zero-order valence-corrected chi connectivity index (χ0v) is 15.6. The van der Waals surface area contributed by atoms with Crippen molar-refractivity contribution in [3.63, 3.8) is 0 Å². The van der Waals surface area contributed by atoms with E-state index >= 15 is 0 Å². The lowest BCUT2D eigenvalue weighted by Gasteiger charge is -2.22. The summed E-state index contributed by atoms with van der Waals surface area (Å²) in [5.74, 6) is -1.24. The lowest BCUT2D eigenvalue weighted by Crippen LogP contribution is -2.34. The fraction of sp³-hybridized carbons (Fsp3) is 0.318. The van der Waals surface area contributed by atoms with Crippen molar-refractivity contribution in [2.45, 2.75) is 26.2 Å². The zero-order chi connectivity index (χ0) is 19.4. The number of carbonyl (C=O) groups is 3. The number of amides is 2. The van der Waals surface area contributed by atoms with Crippen LogP contribution in [0.5, 0.6) is 0 Å². The highest BCUT2D eigenvalue weighted by molar-refractivity contribution is 6.21. The Bertz CT molecular complexity index is 811. The van der Waals surface area contributed by atoms with E-state index in [-0.39, 0.29) is 42.8 Å². The Kier molecular flexibility index (Phi) is 5.69. The van der Waals surface area contributed by atoms with E-state index < -0.39 is 0 Å². The van der Waals surface area contributed by atoms with Crippen molar-refractivity contribution >= 4 is 17.8 Å². The summed E-state index contributed by atoms with van der Waals surface area (Å²) in [6.45, 7) is 4.10. The first-order valence-electron chi connectivity index (χ1n) is 9.21. The maximum Gasteiger partial charge on any atom is 0.313 e. The SMILES string of the molecule is CC[C@H](C)[C@H](C(=O)OCCN1C(=O)c2ccccc2C1=O)c1ccccc1. The second kappa shape index (κ2) is 8.16. The maximum atomic E-state index is 12.7. The molecule has 0 spiro atoms. The van der Waals surface area contributed by atoms with Gasteiger partial charge in [0.25, 0.3) is 11.8 Å². The molecule has 0 saturated heterocycles. The molecule has 1 aliphatic rings. The number of carbonyl (C=O) groups excluding carboxylic acids is 3. The summed E-state index contributed by atoms with van der Waals surface area (Å²) >= 11 is 0. The van der Waals surface area contributed by atoms with E-state index in [1.54, 1.807) is 24.3 Å². The molecule has 2 atom stereocenters. The number of rotatable bonds is 7. The lowest BCUT2D eigenvalue weighted by atomic mass is 9.86. The normalized spacial score (nSPS) is 15.4. The smallest absolute Gasteiger partial charge is 0.313 e. The number of benzene rings is 2. The molecule has 140 valence electrons. The van der Waals surface area contributed by atoms with Gasteiger partial charge in [-0.25, -0.2) is 0 Å². The number of imide groups is 1. The van der Waals surface area contributed by atoms with Gasteiger partial charge in [-0.1, -0.05) is 62.7 Å². The van der Waals surface area contributed by atoms with Gasteiger partial charge < -0.3 is 4.74 Å². The van der Waals surface area contributed by atoms with E-state index in [0.29, 0.717) is 11.1 Å². The van der Waals surface area contributed by atoms with Crippen LogP contribution in [0.2, 0.25) is 0 Å². The largest absolute Gasteiger partial charge is 0.463 e. The van der Waals surface area contributed by atoms with E-state index in [2.05, 4.69) is 0 Å². The summed E-state index contributed by atoms with van der Waals surface area (Å²) < 4.78 is 5.45. The first kappa shape index (κ1) is 18.8. The number of ether oxygens (including phenoxy) is 1. The van der Waals surface area contributed by atoms with Gasteiger partial charge in [-0.2, -0.15) is 0 Å². The fourth-order valence-corrected chi connectivity index (χ4v) is 3.36. The topological polar surface area (TPSA) is 63.7 Å². The van der Waals surface area contributed by atoms with Crippen LogP contribution >= 0.6 is 0 Å². The molecule has 5 heteroatoms. The van der Waals surface area contributed by atoms with Gasteiger partial charge in [0.2, 0.25) is 0 Å². The van der Waals surface area contributed by atoms with Crippen LogP contribution in [-0.2, 0) is 9.53 Å². The number of nitrogens with zero attached hydrogens (tertiary/aromatic N) is 1. The molecule has 0 N–H and O–H groups in total. The van der Waals surface area contributed by atoms with Crippen LogP contribution in [0, 0.1) is 5.92 Å². The predicted molar refractivity (Wildman–Crippen MR) is 101 cm³/mol. The molecule has 0 radical (unpaired) electrons. The highest BCUT2D eigenvalue weighted by Gasteiger charge is 2.35. The molecule has 1 aliphatic heterocycles. The van der Waals surface area contributed by atoms with Gasteiger partial charge in [-0.05, 0) is 23.6 Å². The maximum absolute atomic E-state index is 12.7. The first-order chi connectivity index (χ1) is 13.0. The number of hydrogen-bond acceptors (Lipinski definition) is 4. The molecule has 2 aromatic rings. The third kappa shape index (κ3) is 3.77. The molecule has 0 aromatic heterocycles. The summed E-state index contributed by atoms with van der Waals surface area (Å²) in [4.78, 5) is 38.5. The number of hydrogen-bond donors (Lipinski definition) is 0. The van der Waals surface area contributed by atoms with Crippen LogP contribution in [0.3, 0.4) is 0 Å². The minimum Gasteiger partial charge on any atom is -0.463 e. The third-order valence-electron chi connectivity index (χ3n) is 5.06. The molecule has 27 heavy (non-hydrogen) atoms. The summed E-state index contributed by atoms with van der Waals surface area (Å²) in [7, 11) is 0. The van der Waals surface area contributed by atoms with Gasteiger partial charge in [0.15, 0.2) is 0 Å². The molecule has 0 unspecified atom stereocenters. The molecule has 3 rings (SSSR count). The Morgan fingerprint density at radius 1 is 0.963 bits per heavy atom. The second-order valence-corrected chi connectivity index (χ2v) is 6.75. The first-order valence-corrected chi connectivity index (χ1v) is 9.21. The quantitative estimate of drug-likeness (QED) is 0.555. The minimum absolute atomic E-state index is 0.00985. The van der Waals surface area contributed by atoms with Crippen molar-refractivity contribution in [3.05, 3.63) is 71.3 Å². The molecular weight excluding hydrogens is 342 g/mol. The Balaban J connectivity index is 1.64. The zero-order valence-electron chi connectivity index (χ0n) is 15.6. The Morgan fingerprint density at radius 2 is 1.52 bits per heavy atom. The number of esters is 1. The fourth-order valence-electron chi connectivity index (χ4n) is 3.36. The Labute approximate surface area is 158 Å². The van der Waals surface area contributed by atoms with E-state index in [0.717, 1.165) is 16.9 Å². The van der Waals surface area contributed by atoms with Gasteiger partial charge >= 0.3 is 5.97 Å². The van der Waals surface area contributed by atoms with Crippen molar-refractivity contribution in [2.75, 3.05) is 13.2 Å². The molecule has 2 aromatic carbocycles. The van der Waals surface area contributed by atoms with Crippen LogP contribution in [0.1, 0.15) is 52.5 Å². The minimum atomic E-state index is -0.363. The molecule has 0 saturated carbocycles. The van der Waals surface area contributed by atoms with Crippen molar-refractivity contribution in [1.29, 1.82) is 0 Å².